The molecule has 1 N–H and O–H groups in total. The summed E-state index contributed by atoms with van der Waals surface area (Å²) in [6, 6.07) is 16.5. The van der Waals surface area contributed by atoms with Crippen LogP contribution in [0, 0.1) is 45.3 Å². The van der Waals surface area contributed by atoms with Gasteiger partial charge in [0.2, 0.25) is 0 Å². The lowest BCUT2D eigenvalue weighted by atomic mass is 9.66. The van der Waals surface area contributed by atoms with E-state index in [-0.39, 0.29) is 21.7 Å². The standard InChI is InChI=1S/C44H75O3P/c1-15-17-25-35(41(3,4)5)31-37(43(9,10)11)29-33-23-19-21-27-39(33)46-48(45)47-40-28-22-20-24-34(40)30-38(44(12,13)14)32-36(26-18-16-2)42(6,7)8/h19-24,27-28,35-38,45H,15-18,25-26,29-32H2,1-14H3. The van der Waals surface area contributed by atoms with Crippen LogP contribution < -0.4 is 9.05 Å². The molecule has 2 aromatic rings. The van der Waals surface area contributed by atoms with Gasteiger partial charge in [-0.2, -0.15) is 0 Å². The second-order valence-electron chi connectivity index (χ2n) is 19.1. The second kappa shape index (κ2) is 18.6. The first kappa shape index (κ1) is 42.6. The summed E-state index contributed by atoms with van der Waals surface area (Å²) < 4.78 is 12.6. The summed E-state index contributed by atoms with van der Waals surface area (Å²) in [5, 5.41) is 0. The summed E-state index contributed by atoms with van der Waals surface area (Å²) in [5.41, 5.74) is 3.12. The molecule has 2 aromatic carbocycles. The van der Waals surface area contributed by atoms with E-state index in [0.717, 1.165) is 35.5 Å². The molecule has 0 radical (unpaired) electrons. The first-order valence-electron chi connectivity index (χ1n) is 19.2. The Morgan fingerprint density at radius 3 is 1.12 bits per heavy atom. The highest BCUT2D eigenvalue weighted by atomic mass is 31.2. The molecule has 0 aliphatic rings. The summed E-state index contributed by atoms with van der Waals surface area (Å²) in [6.45, 7) is 33.2. The highest BCUT2D eigenvalue weighted by Crippen LogP contribution is 2.46. The topological polar surface area (TPSA) is 38.7 Å². The van der Waals surface area contributed by atoms with Crippen molar-refractivity contribution in [3.63, 3.8) is 0 Å². The Bertz CT molecular complexity index is 1100. The summed E-state index contributed by atoms with van der Waals surface area (Å²) in [7, 11) is -2.16. The molecule has 274 valence electrons. The highest BCUT2D eigenvalue weighted by molar-refractivity contribution is 7.41. The average Bonchev–Trinajstić information content (AvgIpc) is 2.95. The van der Waals surface area contributed by atoms with Gasteiger partial charge < -0.3 is 13.9 Å². The van der Waals surface area contributed by atoms with E-state index in [1.165, 1.54) is 51.4 Å². The fraction of sp³-hybridized carbons (Fsp3) is 0.727. The molecular weight excluding hydrogens is 607 g/mol. The third kappa shape index (κ3) is 14.3. The first-order valence-corrected chi connectivity index (χ1v) is 20.3. The number of rotatable bonds is 18. The van der Waals surface area contributed by atoms with Crippen molar-refractivity contribution in [1.82, 2.24) is 0 Å². The third-order valence-electron chi connectivity index (χ3n) is 11.1. The van der Waals surface area contributed by atoms with Crippen LogP contribution in [0.3, 0.4) is 0 Å². The zero-order valence-electron chi connectivity index (χ0n) is 33.7. The maximum absolute atomic E-state index is 11.3. The van der Waals surface area contributed by atoms with Crippen LogP contribution in [0.5, 0.6) is 11.5 Å². The lowest BCUT2D eigenvalue weighted by Crippen LogP contribution is -2.30. The molecular formula is C44H75O3P. The zero-order valence-corrected chi connectivity index (χ0v) is 34.6. The molecule has 0 saturated heterocycles. The van der Waals surface area contributed by atoms with Crippen LogP contribution in [0.15, 0.2) is 48.5 Å². The maximum Gasteiger partial charge on any atom is 0.460 e. The fourth-order valence-corrected chi connectivity index (χ4v) is 7.85. The van der Waals surface area contributed by atoms with Crippen molar-refractivity contribution in [2.75, 3.05) is 0 Å². The van der Waals surface area contributed by atoms with Crippen molar-refractivity contribution in [2.45, 2.75) is 161 Å². The summed E-state index contributed by atoms with van der Waals surface area (Å²) in [4.78, 5) is 11.3. The van der Waals surface area contributed by atoms with Crippen LogP contribution in [0.2, 0.25) is 0 Å². The number of benzene rings is 2. The molecule has 0 aliphatic carbocycles. The van der Waals surface area contributed by atoms with E-state index >= 15 is 0 Å². The van der Waals surface area contributed by atoms with Gasteiger partial charge in [-0.05, 0) is 107 Å². The van der Waals surface area contributed by atoms with Crippen LogP contribution in [-0.4, -0.2) is 4.89 Å². The summed E-state index contributed by atoms with van der Waals surface area (Å²) >= 11 is 0. The molecule has 0 spiro atoms. The van der Waals surface area contributed by atoms with Crippen LogP contribution in [-0.2, 0) is 12.8 Å². The van der Waals surface area contributed by atoms with E-state index < -0.39 is 8.60 Å². The van der Waals surface area contributed by atoms with Crippen LogP contribution in [0.25, 0.3) is 0 Å². The van der Waals surface area contributed by atoms with Gasteiger partial charge in [-0.3, -0.25) is 0 Å². The number of unbranched alkanes of at least 4 members (excludes halogenated alkanes) is 2. The van der Waals surface area contributed by atoms with Gasteiger partial charge in [-0.25, -0.2) is 0 Å². The molecule has 0 aliphatic heterocycles. The molecule has 0 bridgehead atoms. The molecule has 4 atom stereocenters. The van der Waals surface area contributed by atoms with Crippen LogP contribution in [0.4, 0.5) is 0 Å². The van der Waals surface area contributed by atoms with E-state index in [2.05, 4.69) is 121 Å². The second-order valence-corrected chi connectivity index (χ2v) is 19.9. The van der Waals surface area contributed by atoms with Gasteiger partial charge in [0.15, 0.2) is 0 Å². The smallest absolute Gasteiger partial charge is 0.418 e. The SMILES string of the molecule is CCCCC(CC(Cc1ccccc1OP(O)Oc1ccccc1CC(CC(CCCC)C(C)(C)C)C(C)(C)C)C(C)(C)C)C(C)(C)C. The number of hydrogen-bond donors (Lipinski definition) is 1. The largest absolute Gasteiger partial charge is 0.460 e. The fourth-order valence-electron chi connectivity index (χ4n) is 7.12. The van der Waals surface area contributed by atoms with E-state index in [0.29, 0.717) is 23.7 Å². The molecule has 0 aromatic heterocycles. The normalized spacial score (nSPS) is 16.2. The third-order valence-corrected chi connectivity index (χ3v) is 11.8. The van der Waals surface area contributed by atoms with Crippen molar-refractivity contribution in [2.24, 2.45) is 45.3 Å². The highest BCUT2D eigenvalue weighted by Gasteiger charge is 2.35. The molecule has 4 unspecified atom stereocenters. The van der Waals surface area contributed by atoms with Crippen molar-refractivity contribution >= 4 is 8.60 Å². The van der Waals surface area contributed by atoms with Crippen molar-refractivity contribution in [1.29, 1.82) is 0 Å². The Balaban J connectivity index is 2.28. The van der Waals surface area contributed by atoms with Crippen LogP contribution in [0.1, 0.15) is 159 Å². The lowest BCUT2D eigenvalue weighted by Gasteiger charge is -2.39. The predicted molar refractivity (Wildman–Crippen MR) is 211 cm³/mol. The van der Waals surface area contributed by atoms with Crippen molar-refractivity contribution in [3.8, 4) is 11.5 Å². The molecule has 0 heterocycles. The Hall–Kier alpha value is -1.57. The summed E-state index contributed by atoms with van der Waals surface area (Å²) in [5.74, 6) is 3.75. The zero-order chi connectivity index (χ0) is 36.3. The minimum Gasteiger partial charge on any atom is -0.418 e. The van der Waals surface area contributed by atoms with E-state index in [4.69, 9.17) is 9.05 Å². The molecule has 0 saturated carbocycles. The van der Waals surface area contributed by atoms with Gasteiger partial charge in [0.05, 0.1) is 0 Å². The van der Waals surface area contributed by atoms with Gasteiger partial charge in [0, 0.05) is 0 Å². The van der Waals surface area contributed by atoms with Gasteiger partial charge in [-0.15, -0.1) is 0 Å². The Morgan fingerprint density at radius 1 is 0.521 bits per heavy atom. The Morgan fingerprint density at radius 2 is 0.833 bits per heavy atom. The molecule has 2 rings (SSSR count). The Labute approximate surface area is 299 Å². The van der Waals surface area contributed by atoms with Gasteiger partial charge in [-0.1, -0.05) is 159 Å². The molecule has 4 heteroatoms. The minimum absolute atomic E-state index is 0.147. The lowest BCUT2D eigenvalue weighted by molar-refractivity contribution is 0.124. The molecule has 3 nitrogen and oxygen atoms in total. The molecule has 48 heavy (non-hydrogen) atoms. The maximum atomic E-state index is 11.3. The molecule has 0 amide bonds. The Kier molecular flexibility index (Phi) is 16.5. The van der Waals surface area contributed by atoms with Gasteiger partial charge in [0.25, 0.3) is 0 Å². The number of hydrogen-bond acceptors (Lipinski definition) is 3. The average molecular weight is 683 g/mol. The predicted octanol–water partition coefficient (Wildman–Crippen LogP) is 14.3. The van der Waals surface area contributed by atoms with Crippen LogP contribution >= 0.6 is 8.60 Å². The monoisotopic (exact) mass is 683 g/mol. The van der Waals surface area contributed by atoms with Gasteiger partial charge in [0.1, 0.15) is 11.5 Å². The van der Waals surface area contributed by atoms with E-state index in [9.17, 15) is 4.89 Å². The quantitative estimate of drug-likeness (QED) is 0.159. The first-order chi connectivity index (χ1) is 22.2. The number of para-hydroxylation sites is 2. The minimum atomic E-state index is -2.16. The molecule has 0 fully saturated rings. The van der Waals surface area contributed by atoms with Crippen molar-refractivity contribution in [3.05, 3.63) is 59.7 Å². The van der Waals surface area contributed by atoms with Crippen molar-refractivity contribution < 1.29 is 13.9 Å². The van der Waals surface area contributed by atoms with E-state index in [1.807, 2.05) is 24.3 Å². The van der Waals surface area contributed by atoms with Gasteiger partial charge >= 0.3 is 8.60 Å². The summed E-state index contributed by atoms with van der Waals surface area (Å²) in [6.07, 6.45) is 11.8. The van der Waals surface area contributed by atoms with E-state index in [1.54, 1.807) is 0 Å².